The van der Waals surface area contributed by atoms with Crippen LogP contribution >= 0.6 is 0 Å². The number of hydrogen-bond donors (Lipinski definition) is 2. The van der Waals surface area contributed by atoms with Crippen LogP contribution in [0.2, 0.25) is 0 Å². The van der Waals surface area contributed by atoms with Crippen LogP contribution in [-0.4, -0.2) is 23.0 Å². The Kier molecular flexibility index (Phi) is 4.96. The van der Waals surface area contributed by atoms with Gasteiger partial charge >= 0.3 is 5.97 Å². The van der Waals surface area contributed by atoms with E-state index in [-0.39, 0.29) is 18.1 Å². The Morgan fingerprint density at radius 2 is 2.09 bits per heavy atom. The van der Waals surface area contributed by atoms with E-state index < -0.39 is 17.4 Å². The Hall–Kier alpha value is -2.17. The Morgan fingerprint density at radius 1 is 1.41 bits per heavy atom. The van der Waals surface area contributed by atoms with Gasteiger partial charge in [-0.3, -0.25) is 4.79 Å². The monoisotopic (exact) mass is 305 g/mol. The van der Waals surface area contributed by atoms with Crippen molar-refractivity contribution in [3.8, 4) is 0 Å². The van der Waals surface area contributed by atoms with Gasteiger partial charge < -0.3 is 10.4 Å². The second-order valence-corrected chi connectivity index (χ2v) is 5.72. The number of carbonyl (C=O) groups is 2. The van der Waals surface area contributed by atoms with Crippen molar-refractivity contribution in [3.63, 3.8) is 0 Å². The molecule has 0 aromatic heterocycles. The molecule has 1 fully saturated rings. The molecule has 0 heterocycles. The number of amides is 1. The molecule has 0 aliphatic heterocycles. The van der Waals surface area contributed by atoms with E-state index in [9.17, 15) is 14.0 Å². The number of rotatable bonds is 7. The van der Waals surface area contributed by atoms with Crippen LogP contribution in [0.25, 0.3) is 0 Å². The van der Waals surface area contributed by atoms with Gasteiger partial charge in [0.2, 0.25) is 5.91 Å². The zero-order valence-corrected chi connectivity index (χ0v) is 12.5. The van der Waals surface area contributed by atoms with Crippen LogP contribution in [0.4, 0.5) is 4.39 Å². The highest BCUT2D eigenvalue weighted by Crippen LogP contribution is 2.49. The van der Waals surface area contributed by atoms with Crippen molar-refractivity contribution in [3.05, 3.63) is 47.8 Å². The Morgan fingerprint density at radius 3 is 2.64 bits per heavy atom. The highest BCUT2D eigenvalue weighted by molar-refractivity contribution is 5.89. The molecular weight excluding hydrogens is 285 g/mol. The molecule has 1 aromatic carbocycles. The topological polar surface area (TPSA) is 66.4 Å². The van der Waals surface area contributed by atoms with E-state index in [1.807, 2.05) is 0 Å². The molecule has 1 amide bonds. The number of benzene rings is 1. The quantitative estimate of drug-likeness (QED) is 0.761. The van der Waals surface area contributed by atoms with Crippen molar-refractivity contribution in [1.82, 2.24) is 5.32 Å². The molecule has 1 saturated carbocycles. The molecule has 2 rings (SSSR count). The van der Waals surface area contributed by atoms with Crippen LogP contribution in [0.15, 0.2) is 36.4 Å². The van der Waals surface area contributed by atoms with Crippen molar-refractivity contribution in [1.29, 1.82) is 0 Å². The lowest BCUT2D eigenvalue weighted by molar-refractivity contribution is -0.142. The summed E-state index contributed by atoms with van der Waals surface area (Å²) < 4.78 is 13.7. The van der Waals surface area contributed by atoms with Gasteiger partial charge in [-0.05, 0) is 44.2 Å². The minimum absolute atomic E-state index is 0.243. The zero-order valence-electron chi connectivity index (χ0n) is 12.5. The lowest BCUT2D eigenvalue weighted by Crippen LogP contribution is -2.44. The number of aliphatic carboxylic acids is 1. The first kappa shape index (κ1) is 16.2. The number of hydrogen-bond acceptors (Lipinski definition) is 2. The standard InChI is InChI=1S/C17H20FNO3/c1-2-3-8-14(15(20)21)19-16(22)17(9-10-17)11-12-6-4-5-7-13(12)18/h2-7,14H,8-11H2,1H3,(H,19,22)(H,20,21)/b3-2+. The van der Waals surface area contributed by atoms with E-state index in [0.717, 1.165) is 0 Å². The molecule has 22 heavy (non-hydrogen) atoms. The second kappa shape index (κ2) is 6.73. The fourth-order valence-corrected chi connectivity index (χ4v) is 2.45. The van der Waals surface area contributed by atoms with Gasteiger partial charge in [0.1, 0.15) is 11.9 Å². The lowest BCUT2D eigenvalue weighted by Gasteiger charge is -2.19. The second-order valence-electron chi connectivity index (χ2n) is 5.72. The van der Waals surface area contributed by atoms with Crippen LogP contribution in [0.1, 0.15) is 31.7 Å². The van der Waals surface area contributed by atoms with Crippen molar-refractivity contribution in [2.24, 2.45) is 5.41 Å². The highest BCUT2D eigenvalue weighted by atomic mass is 19.1. The maximum atomic E-state index is 13.7. The van der Waals surface area contributed by atoms with E-state index in [4.69, 9.17) is 5.11 Å². The van der Waals surface area contributed by atoms with E-state index in [0.29, 0.717) is 24.8 Å². The van der Waals surface area contributed by atoms with Crippen LogP contribution in [0.3, 0.4) is 0 Å². The molecule has 0 spiro atoms. The molecular formula is C17H20FNO3. The fraction of sp³-hybridized carbons (Fsp3) is 0.412. The molecule has 1 atom stereocenters. The summed E-state index contributed by atoms with van der Waals surface area (Å²) in [5.41, 5.74) is -0.165. The van der Waals surface area contributed by atoms with Gasteiger partial charge in [0.15, 0.2) is 0 Å². The van der Waals surface area contributed by atoms with Crippen LogP contribution in [-0.2, 0) is 16.0 Å². The summed E-state index contributed by atoms with van der Waals surface area (Å²) in [6.07, 6.45) is 5.31. The predicted octanol–water partition coefficient (Wildman–Crippen LogP) is 2.68. The Bertz CT molecular complexity index is 593. The summed E-state index contributed by atoms with van der Waals surface area (Å²) in [4.78, 5) is 23.6. The van der Waals surface area contributed by atoms with Gasteiger partial charge in [-0.15, -0.1) is 0 Å². The highest BCUT2D eigenvalue weighted by Gasteiger charge is 2.50. The van der Waals surface area contributed by atoms with Gasteiger partial charge in [-0.25, -0.2) is 9.18 Å². The smallest absolute Gasteiger partial charge is 0.326 e. The molecule has 1 aromatic rings. The van der Waals surface area contributed by atoms with Gasteiger partial charge in [-0.2, -0.15) is 0 Å². The van der Waals surface area contributed by atoms with Gasteiger partial charge in [0, 0.05) is 0 Å². The summed E-state index contributed by atoms with van der Waals surface area (Å²) in [6, 6.07) is 5.43. The zero-order chi connectivity index (χ0) is 16.2. The van der Waals surface area contributed by atoms with Crippen molar-refractivity contribution in [2.75, 3.05) is 0 Å². The number of nitrogens with one attached hydrogen (secondary N) is 1. The first-order valence-corrected chi connectivity index (χ1v) is 7.37. The van der Waals surface area contributed by atoms with Crippen LogP contribution < -0.4 is 5.32 Å². The van der Waals surface area contributed by atoms with Crippen LogP contribution in [0.5, 0.6) is 0 Å². The third-order valence-corrected chi connectivity index (χ3v) is 4.03. The van der Waals surface area contributed by atoms with E-state index in [1.165, 1.54) is 6.07 Å². The van der Waals surface area contributed by atoms with Crippen molar-refractivity contribution < 1.29 is 19.1 Å². The number of allylic oxidation sites excluding steroid dienone is 1. The molecule has 0 saturated heterocycles. The first-order chi connectivity index (χ1) is 10.5. The lowest BCUT2D eigenvalue weighted by atomic mass is 9.94. The van der Waals surface area contributed by atoms with E-state index in [1.54, 1.807) is 37.3 Å². The largest absolute Gasteiger partial charge is 0.480 e. The molecule has 0 radical (unpaired) electrons. The van der Waals surface area contributed by atoms with Crippen molar-refractivity contribution in [2.45, 2.75) is 38.6 Å². The molecule has 4 nitrogen and oxygen atoms in total. The average molecular weight is 305 g/mol. The Balaban J connectivity index is 2.05. The SMILES string of the molecule is C/C=C/CC(NC(=O)C1(Cc2ccccc2F)CC1)C(=O)O. The number of carboxylic acid groups (broad SMARTS) is 1. The number of halogens is 1. The summed E-state index contributed by atoms with van der Waals surface area (Å²) in [5, 5.41) is 11.7. The predicted molar refractivity (Wildman–Crippen MR) is 80.8 cm³/mol. The summed E-state index contributed by atoms with van der Waals surface area (Å²) in [5.74, 6) is -1.69. The van der Waals surface area contributed by atoms with Gasteiger partial charge in [0.05, 0.1) is 5.41 Å². The molecule has 5 heteroatoms. The van der Waals surface area contributed by atoms with Crippen molar-refractivity contribution >= 4 is 11.9 Å². The Labute approximate surface area is 129 Å². The molecule has 1 aliphatic carbocycles. The number of carbonyl (C=O) groups excluding carboxylic acids is 1. The molecule has 1 unspecified atom stereocenters. The maximum Gasteiger partial charge on any atom is 0.326 e. The summed E-state index contributed by atoms with van der Waals surface area (Å²) >= 11 is 0. The maximum absolute atomic E-state index is 13.7. The summed E-state index contributed by atoms with van der Waals surface area (Å²) in [7, 11) is 0. The average Bonchev–Trinajstić information content (AvgIpc) is 3.26. The molecule has 2 N–H and O–H groups in total. The van der Waals surface area contributed by atoms with Gasteiger partial charge in [0.25, 0.3) is 0 Å². The summed E-state index contributed by atoms with van der Waals surface area (Å²) in [6.45, 7) is 1.79. The van der Waals surface area contributed by atoms with Gasteiger partial charge in [-0.1, -0.05) is 30.4 Å². The fourth-order valence-electron chi connectivity index (χ4n) is 2.45. The molecule has 0 bridgehead atoms. The third-order valence-electron chi connectivity index (χ3n) is 4.03. The first-order valence-electron chi connectivity index (χ1n) is 7.37. The van der Waals surface area contributed by atoms with E-state index in [2.05, 4.69) is 5.32 Å². The minimum atomic E-state index is -1.06. The molecule has 1 aliphatic rings. The van der Waals surface area contributed by atoms with Crippen LogP contribution in [0, 0.1) is 11.2 Å². The normalized spacial score (nSPS) is 17.2. The minimum Gasteiger partial charge on any atom is -0.480 e. The molecule has 118 valence electrons. The van der Waals surface area contributed by atoms with E-state index >= 15 is 0 Å². The number of carboxylic acids is 1. The third kappa shape index (κ3) is 3.72.